The van der Waals surface area contributed by atoms with Gasteiger partial charge in [0.15, 0.2) is 0 Å². The predicted molar refractivity (Wildman–Crippen MR) is 103 cm³/mol. The van der Waals surface area contributed by atoms with Gasteiger partial charge in [0.2, 0.25) is 11.8 Å². The van der Waals surface area contributed by atoms with Crippen LogP contribution < -0.4 is 16.0 Å². The Morgan fingerprint density at radius 3 is 2.46 bits per heavy atom. The van der Waals surface area contributed by atoms with Crippen LogP contribution in [-0.4, -0.2) is 35.2 Å². The summed E-state index contributed by atoms with van der Waals surface area (Å²) in [5, 5.41) is 18.7. The highest BCUT2D eigenvalue weighted by atomic mass is 35.5. The lowest BCUT2D eigenvalue weighted by molar-refractivity contribution is -0.384. The third-order valence-corrected chi connectivity index (χ3v) is 3.86. The van der Waals surface area contributed by atoms with Crippen LogP contribution in [0.3, 0.4) is 0 Å². The maximum atomic E-state index is 12.1. The van der Waals surface area contributed by atoms with E-state index in [1.807, 2.05) is 0 Å². The highest BCUT2D eigenvalue weighted by Gasteiger charge is 2.18. The lowest BCUT2D eigenvalue weighted by Gasteiger charge is -2.14. The van der Waals surface area contributed by atoms with Crippen LogP contribution in [0.1, 0.15) is 17.3 Å². The second kappa shape index (κ2) is 9.47. The number of anilines is 1. The van der Waals surface area contributed by atoms with Crippen molar-refractivity contribution in [2.24, 2.45) is 0 Å². The number of benzene rings is 2. The van der Waals surface area contributed by atoms with Crippen molar-refractivity contribution < 1.29 is 19.3 Å². The summed E-state index contributed by atoms with van der Waals surface area (Å²) >= 11 is 5.76. The normalized spacial score (nSPS) is 11.2. The Labute approximate surface area is 165 Å². The quantitative estimate of drug-likeness (QED) is 0.480. The van der Waals surface area contributed by atoms with E-state index in [2.05, 4.69) is 16.0 Å². The number of nitro benzene ring substituents is 1. The van der Waals surface area contributed by atoms with Gasteiger partial charge >= 0.3 is 0 Å². The van der Waals surface area contributed by atoms with Crippen molar-refractivity contribution in [3.8, 4) is 0 Å². The number of carbonyl (C=O) groups excluding carboxylic acids is 3. The number of nitrogens with one attached hydrogen (secondary N) is 3. The van der Waals surface area contributed by atoms with Gasteiger partial charge in [-0.15, -0.1) is 0 Å². The van der Waals surface area contributed by atoms with E-state index in [1.165, 1.54) is 25.1 Å². The van der Waals surface area contributed by atoms with Crippen LogP contribution in [0.4, 0.5) is 11.4 Å². The van der Waals surface area contributed by atoms with E-state index in [0.29, 0.717) is 10.7 Å². The van der Waals surface area contributed by atoms with Crippen molar-refractivity contribution >= 4 is 40.7 Å². The number of nitro groups is 1. The molecule has 2 aromatic carbocycles. The maximum absolute atomic E-state index is 12.1. The molecule has 28 heavy (non-hydrogen) atoms. The molecule has 0 saturated carbocycles. The van der Waals surface area contributed by atoms with E-state index in [9.17, 15) is 24.5 Å². The molecule has 0 heterocycles. The summed E-state index contributed by atoms with van der Waals surface area (Å²) in [6, 6.07) is 10.6. The first-order chi connectivity index (χ1) is 13.3. The zero-order valence-corrected chi connectivity index (χ0v) is 15.5. The van der Waals surface area contributed by atoms with Gasteiger partial charge in [0.25, 0.3) is 11.6 Å². The van der Waals surface area contributed by atoms with Gasteiger partial charge in [-0.25, -0.2) is 0 Å². The van der Waals surface area contributed by atoms with E-state index in [1.54, 1.807) is 24.3 Å². The minimum atomic E-state index is -0.949. The molecule has 10 heteroatoms. The van der Waals surface area contributed by atoms with Gasteiger partial charge in [-0.3, -0.25) is 24.5 Å². The molecule has 0 aliphatic carbocycles. The van der Waals surface area contributed by atoms with E-state index in [4.69, 9.17) is 11.6 Å². The van der Waals surface area contributed by atoms with E-state index in [0.717, 1.165) is 6.07 Å². The third kappa shape index (κ3) is 6.06. The molecule has 9 nitrogen and oxygen atoms in total. The summed E-state index contributed by atoms with van der Waals surface area (Å²) in [6.07, 6.45) is 0. The second-order valence-corrected chi connectivity index (χ2v) is 6.21. The van der Waals surface area contributed by atoms with E-state index >= 15 is 0 Å². The molecule has 2 rings (SSSR count). The molecule has 0 aromatic heterocycles. The zero-order valence-electron chi connectivity index (χ0n) is 14.8. The smallest absolute Gasteiger partial charge is 0.270 e. The average molecular weight is 405 g/mol. The van der Waals surface area contributed by atoms with Gasteiger partial charge in [0.05, 0.1) is 11.5 Å². The zero-order chi connectivity index (χ0) is 20.7. The Hall–Kier alpha value is -3.46. The molecule has 0 bridgehead atoms. The minimum absolute atomic E-state index is 0.0503. The van der Waals surface area contributed by atoms with Crippen molar-refractivity contribution in [1.29, 1.82) is 0 Å². The van der Waals surface area contributed by atoms with Crippen LogP contribution >= 0.6 is 11.6 Å². The largest absolute Gasteiger partial charge is 0.345 e. The topological polar surface area (TPSA) is 130 Å². The highest BCUT2D eigenvalue weighted by Crippen LogP contribution is 2.14. The number of halogens is 1. The summed E-state index contributed by atoms with van der Waals surface area (Å²) in [5.74, 6) is -1.67. The molecule has 3 amide bonds. The van der Waals surface area contributed by atoms with Gasteiger partial charge in [-0.05, 0) is 37.3 Å². The van der Waals surface area contributed by atoms with Crippen molar-refractivity contribution in [2.45, 2.75) is 13.0 Å². The fourth-order valence-corrected chi connectivity index (χ4v) is 2.29. The molecule has 0 spiro atoms. The summed E-state index contributed by atoms with van der Waals surface area (Å²) in [6.45, 7) is 1.14. The Balaban J connectivity index is 1.84. The monoisotopic (exact) mass is 404 g/mol. The SMILES string of the molecule is CC(NC(=O)c1cccc([N+](=O)[O-])c1)C(=O)NCC(=O)Nc1ccc(Cl)cc1. The van der Waals surface area contributed by atoms with Crippen LogP contribution in [0.2, 0.25) is 5.02 Å². The van der Waals surface area contributed by atoms with Crippen LogP contribution in [0.25, 0.3) is 0 Å². The molecule has 0 fully saturated rings. The molecule has 0 saturated heterocycles. The number of carbonyl (C=O) groups is 3. The lowest BCUT2D eigenvalue weighted by Crippen LogP contribution is -2.46. The van der Waals surface area contributed by atoms with Crippen LogP contribution in [0.5, 0.6) is 0 Å². The summed E-state index contributed by atoms with van der Waals surface area (Å²) < 4.78 is 0. The Kier molecular flexibility index (Phi) is 7.05. The number of hydrogen-bond donors (Lipinski definition) is 3. The van der Waals surface area contributed by atoms with Gasteiger partial charge in [0, 0.05) is 28.4 Å². The predicted octanol–water partition coefficient (Wildman–Crippen LogP) is 2.12. The molecule has 2 aromatic rings. The van der Waals surface area contributed by atoms with E-state index in [-0.39, 0.29) is 17.8 Å². The van der Waals surface area contributed by atoms with Gasteiger partial charge < -0.3 is 16.0 Å². The first-order valence-corrected chi connectivity index (χ1v) is 8.52. The van der Waals surface area contributed by atoms with Crippen molar-refractivity contribution in [3.05, 3.63) is 69.2 Å². The van der Waals surface area contributed by atoms with Crippen LogP contribution in [-0.2, 0) is 9.59 Å². The molecular formula is C18H17ClN4O5. The summed E-state index contributed by atoms with van der Waals surface area (Å²) in [7, 11) is 0. The lowest BCUT2D eigenvalue weighted by atomic mass is 10.1. The highest BCUT2D eigenvalue weighted by molar-refractivity contribution is 6.30. The van der Waals surface area contributed by atoms with Crippen molar-refractivity contribution in [1.82, 2.24) is 10.6 Å². The van der Waals surface area contributed by atoms with E-state index < -0.39 is 28.7 Å². The molecule has 0 radical (unpaired) electrons. The fourth-order valence-electron chi connectivity index (χ4n) is 2.17. The molecule has 3 N–H and O–H groups in total. The fraction of sp³-hybridized carbons (Fsp3) is 0.167. The van der Waals surface area contributed by atoms with Gasteiger partial charge in [-0.2, -0.15) is 0 Å². The molecule has 0 aliphatic rings. The van der Waals surface area contributed by atoms with Crippen LogP contribution in [0, 0.1) is 10.1 Å². The minimum Gasteiger partial charge on any atom is -0.345 e. The number of nitrogens with zero attached hydrogens (tertiary/aromatic N) is 1. The average Bonchev–Trinajstić information content (AvgIpc) is 2.67. The van der Waals surface area contributed by atoms with Crippen molar-refractivity contribution in [3.63, 3.8) is 0 Å². The first kappa shape index (κ1) is 20.8. The number of non-ortho nitro benzene ring substituents is 1. The Morgan fingerprint density at radius 1 is 1.14 bits per heavy atom. The maximum Gasteiger partial charge on any atom is 0.270 e. The van der Waals surface area contributed by atoms with Gasteiger partial charge in [0.1, 0.15) is 6.04 Å². The summed E-state index contributed by atoms with van der Waals surface area (Å²) in [4.78, 5) is 46.2. The summed E-state index contributed by atoms with van der Waals surface area (Å²) in [5.41, 5.74) is 0.341. The molecule has 1 atom stereocenters. The number of amides is 3. The number of hydrogen-bond acceptors (Lipinski definition) is 5. The molecule has 146 valence electrons. The van der Waals surface area contributed by atoms with Gasteiger partial charge in [-0.1, -0.05) is 17.7 Å². The second-order valence-electron chi connectivity index (χ2n) is 5.78. The molecule has 1 unspecified atom stereocenters. The Bertz CT molecular complexity index is 901. The third-order valence-electron chi connectivity index (χ3n) is 3.61. The van der Waals surface area contributed by atoms with Crippen LogP contribution in [0.15, 0.2) is 48.5 Å². The molecular weight excluding hydrogens is 388 g/mol. The standard InChI is InChI=1S/C18H17ClN4O5/c1-11(21-18(26)12-3-2-4-15(9-12)23(27)28)17(25)20-10-16(24)22-14-7-5-13(19)6-8-14/h2-9,11H,10H2,1H3,(H,20,25)(H,21,26)(H,22,24). The molecule has 0 aliphatic heterocycles. The first-order valence-electron chi connectivity index (χ1n) is 8.14. The number of rotatable bonds is 7. The Morgan fingerprint density at radius 2 is 1.82 bits per heavy atom. The van der Waals surface area contributed by atoms with Crippen molar-refractivity contribution in [2.75, 3.05) is 11.9 Å².